The summed E-state index contributed by atoms with van der Waals surface area (Å²) in [5.74, 6) is 1.36. The summed E-state index contributed by atoms with van der Waals surface area (Å²) in [6.07, 6.45) is 7.80. The summed E-state index contributed by atoms with van der Waals surface area (Å²) in [6, 6.07) is 16.2. The van der Waals surface area contributed by atoms with Gasteiger partial charge in [0.2, 0.25) is 0 Å². The summed E-state index contributed by atoms with van der Waals surface area (Å²) in [5.41, 5.74) is 2.71. The number of rotatable bonds is 2. The topological polar surface area (TPSA) is 35.5 Å². The fourth-order valence-corrected chi connectivity index (χ4v) is 5.17. The number of carbonyl (C=O) groups is 1. The highest BCUT2D eigenvalue weighted by Crippen LogP contribution is 2.42. The summed E-state index contributed by atoms with van der Waals surface area (Å²) in [5, 5.41) is 1.59. The Morgan fingerprint density at radius 1 is 0.677 bits per heavy atom. The van der Waals surface area contributed by atoms with Gasteiger partial charge in [-0.15, -0.1) is 0 Å². The Kier molecular flexibility index (Phi) is 7.71. The molecule has 5 rings (SSSR count). The summed E-state index contributed by atoms with van der Waals surface area (Å²) < 4.78 is 11.5. The van der Waals surface area contributed by atoms with Gasteiger partial charge in [-0.1, -0.05) is 47.5 Å². The number of hydrogen-bond donors (Lipinski definition) is 0. The summed E-state index contributed by atoms with van der Waals surface area (Å²) in [6.45, 7) is 1.51. The lowest BCUT2D eigenvalue weighted by atomic mass is 9.81. The number of Topliss-reactive ketones (excluding diaryl/α,β-unsaturated/α-hetero) is 1. The predicted molar refractivity (Wildman–Crippen MR) is 125 cm³/mol. The fraction of sp³-hybridized carbons (Fsp3) is 0.500. The van der Waals surface area contributed by atoms with E-state index in [0.29, 0.717) is 17.6 Å². The molecule has 0 atom stereocenters. The minimum Gasteiger partial charge on any atom is -0.348 e. The molecule has 3 nitrogen and oxygen atoms in total. The van der Waals surface area contributed by atoms with Gasteiger partial charge in [-0.05, 0) is 72.9 Å². The van der Waals surface area contributed by atoms with Crippen molar-refractivity contribution in [3.63, 3.8) is 0 Å². The first-order valence-electron chi connectivity index (χ1n) is 11.3. The van der Waals surface area contributed by atoms with Crippen molar-refractivity contribution >= 4 is 29.0 Å². The van der Waals surface area contributed by atoms with Gasteiger partial charge < -0.3 is 9.47 Å². The molecule has 5 heteroatoms. The molecule has 3 fully saturated rings. The SMILES string of the molecule is Clc1ccc(C2CCC3(CC2)OCCO3)cc1.O=C1CCC(c2ccc(Cl)cc2)CC1. The van der Waals surface area contributed by atoms with Crippen LogP contribution in [0.5, 0.6) is 0 Å². The molecule has 2 aliphatic carbocycles. The minimum absolute atomic E-state index is 0.247. The summed E-state index contributed by atoms with van der Waals surface area (Å²) >= 11 is 11.7. The first-order chi connectivity index (χ1) is 15.0. The van der Waals surface area contributed by atoms with E-state index in [1.807, 2.05) is 24.3 Å². The van der Waals surface area contributed by atoms with E-state index >= 15 is 0 Å². The van der Waals surface area contributed by atoms with Crippen LogP contribution in [0.1, 0.15) is 74.3 Å². The number of halogens is 2. The van der Waals surface area contributed by atoms with Gasteiger partial charge in [0, 0.05) is 35.7 Å². The molecule has 0 unspecified atom stereocenters. The average molecular weight is 461 g/mol. The molecule has 0 aromatic heterocycles. The second-order valence-electron chi connectivity index (χ2n) is 8.80. The van der Waals surface area contributed by atoms with E-state index in [2.05, 4.69) is 24.3 Å². The molecule has 1 spiro atoms. The molecule has 3 aliphatic rings. The Bertz CT molecular complexity index is 837. The third kappa shape index (κ3) is 6.10. The van der Waals surface area contributed by atoms with Crippen LogP contribution in [0.2, 0.25) is 10.0 Å². The number of ketones is 1. The van der Waals surface area contributed by atoms with Gasteiger partial charge in [0.25, 0.3) is 0 Å². The average Bonchev–Trinajstić information content (AvgIpc) is 3.25. The predicted octanol–water partition coefficient (Wildman–Crippen LogP) is 7.31. The van der Waals surface area contributed by atoms with Gasteiger partial charge in [-0.25, -0.2) is 0 Å². The zero-order chi connectivity index (χ0) is 21.7. The van der Waals surface area contributed by atoms with Crippen molar-refractivity contribution in [2.24, 2.45) is 0 Å². The molecule has 2 saturated carbocycles. The number of benzene rings is 2. The van der Waals surface area contributed by atoms with Crippen LogP contribution in [0.4, 0.5) is 0 Å². The van der Waals surface area contributed by atoms with E-state index in [9.17, 15) is 4.79 Å². The first kappa shape index (κ1) is 22.8. The standard InChI is InChI=1S/C14H17ClO2.C12H13ClO/c15-13-3-1-11(2-4-13)12-5-7-14(8-6-12)16-9-10-17-14;13-11-5-1-9(2-6-11)10-3-7-12(14)8-4-10/h1-4,12H,5-10H2;1-2,5-6,10H,3-4,7-8H2. The van der Waals surface area contributed by atoms with Gasteiger partial charge >= 0.3 is 0 Å². The van der Waals surface area contributed by atoms with Gasteiger partial charge in [0.1, 0.15) is 5.78 Å². The maximum absolute atomic E-state index is 11.1. The van der Waals surface area contributed by atoms with E-state index in [1.54, 1.807) is 0 Å². The zero-order valence-electron chi connectivity index (χ0n) is 17.8. The van der Waals surface area contributed by atoms with Crippen LogP contribution in [0.3, 0.4) is 0 Å². The van der Waals surface area contributed by atoms with E-state index in [1.165, 1.54) is 11.1 Å². The van der Waals surface area contributed by atoms with E-state index in [4.69, 9.17) is 32.7 Å². The lowest BCUT2D eigenvalue weighted by Crippen LogP contribution is -2.34. The Morgan fingerprint density at radius 3 is 1.55 bits per heavy atom. The van der Waals surface area contributed by atoms with E-state index in [-0.39, 0.29) is 5.79 Å². The maximum Gasteiger partial charge on any atom is 0.168 e. The van der Waals surface area contributed by atoms with Crippen molar-refractivity contribution < 1.29 is 14.3 Å². The third-order valence-electron chi connectivity index (χ3n) is 6.79. The van der Waals surface area contributed by atoms with Crippen molar-refractivity contribution in [2.45, 2.75) is 69.0 Å². The van der Waals surface area contributed by atoms with E-state index in [0.717, 1.165) is 74.6 Å². The second kappa shape index (κ2) is 10.5. The molecule has 0 bridgehead atoms. The molecule has 31 heavy (non-hydrogen) atoms. The van der Waals surface area contributed by atoms with Crippen molar-refractivity contribution in [1.82, 2.24) is 0 Å². The van der Waals surface area contributed by atoms with Crippen LogP contribution in [0.15, 0.2) is 48.5 Å². The molecular formula is C26H30Cl2O3. The lowest BCUT2D eigenvalue weighted by Gasteiger charge is -2.35. The molecule has 1 heterocycles. The molecule has 0 amide bonds. The third-order valence-corrected chi connectivity index (χ3v) is 7.29. The highest BCUT2D eigenvalue weighted by Gasteiger charge is 2.40. The molecule has 0 N–H and O–H groups in total. The molecular weight excluding hydrogens is 431 g/mol. The fourth-order valence-electron chi connectivity index (χ4n) is 4.92. The van der Waals surface area contributed by atoms with Crippen molar-refractivity contribution in [3.8, 4) is 0 Å². The number of carbonyl (C=O) groups excluding carboxylic acids is 1. The van der Waals surface area contributed by atoms with Gasteiger partial charge in [0.05, 0.1) is 13.2 Å². The van der Waals surface area contributed by atoms with Crippen LogP contribution >= 0.6 is 23.2 Å². The van der Waals surface area contributed by atoms with Crippen molar-refractivity contribution in [2.75, 3.05) is 13.2 Å². The van der Waals surface area contributed by atoms with Crippen LogP contribution in [0, 0.1) is 0 Å². The molecule has 166 valence electrons. The van der Waals surface area contributed by atoms with Crippen LogP contribution in [-0.4, -0.2) is 24.8 Å². The second-order valence-corrected chi connectivity index (χ2v) is 9.67. The van der Waals surface area contributed by atoms with Gasteiger partial charge in [-0.2, -0.15) is 0 Å². The summed E-state index contributed by atoms with van der Waals surface area (Å²) in [4.78, 5) is 11.1. The van der Waals surface area contributed by atoms with Crippen molar-refractivity contribution in [3.05, 3.63) is 69.7 Å². The normalized spacial score (nSPS) is 21.7. The highest BCUT2D eigenvalue weighted by molar-refractivity contribution is 6.30. The highest BCUT2D eigenvalue weighted by atomic mass is 35.5. The quantitative estimate of drug-likeness (QED) is 0.471. The van der Waals surface area contributed by atoms with Gasteiger partial charge in [-0.3, -0.25) is 4.79 Å². The summed E-state index contributed by atoms with van der Waals surface area (Å²) in [7, 11) is 0. The van der Waals surface area contributed by atoms with Crippen LogP contribution in [-0.2, 0) is 14.3 Å². The Morgan fingerprint density at radius 2 is 1.10 bits per heavy atom. The lowest BCUT2D eigenvalue weighted by molar-refractivity contribution is -0.178. The number of hydrogen-bond acceptors (Lipinski definition) is 3. The minimum atomic E-state index is -0.247. The largest absolute Gasteiger partial charge is 0.348 e. The smallest absolute Gasteiger partial charge is 0.168 e. The Hall–Kier alpha value is -1.39. The van der Waals surface area contributed by atoms with Gasteiger partial charge in [0.15, 0.2) is 5.79 Å². The Labute approximate surface area is 195 Å². The molecule has 2 aromatic carbocycles. The first-order valence-corrected chi connectivity index (χ1v) is 12.1. The maximum atomic E-state index is 11.1. The number of ether oxygens (including phenoxy) is 2. The van der Waals surface area contributed by atoms with E-state index < -0.39 is 0 Å². The molecule has 1 aliphatic heterocycles. The monoisotopic (exact) mass is 460 g/mol. The van der Waals surface area contributed by atoms with Crippen molar-refractivity contribution in [1.29, 1.82) is 0 Å². The van der Waals surface area contributed by atoms with Crippen LogP contribution in [0.25, 0.3) is 0 Å². The molecule has 0 radical (unpaired) electrons. The van der Waals surface area contributed by atoms with Crippen LogP contribution < -0.4 is 0 Å². The zero-order valence-corrected chi connectivity index (χ0v) is 19.3. The Balaban J connectivity index is 0.000000152. The molecule has 2 aromatic rings. The molecule has 1 saturated heterocycles.